The Hall–Kier alpha value is -0.810. The van der Waals surface area contributed by atoms with Gasteiger partial charge in [-0.15, -0.1) is 0 Å². The average molecular weight is 276 g/mol. The number of methoxy groups -OCH3 is 1. The van der Waals surface area contributed by atoms with Gasteiger partial charge in [0.15, 0.2) is 0 Å². The summed E-state index contributed by atoms with van der Waals surface area (Å²) in [5.74, 6) is 0. The highest BCUT2D eigenvalue weighted by Crippen LogP contribution is 2.31. The number of hydroxylamine groups is 2. The lowest BCUT2D eigenvalue weighted by atomic mass is 9.97. The van der Waals surface area contributed by atoms with Crippen LogP contribution in [0.1, 0.15) is 6.92 Å². The summed E-state index contributed by atoms with van der Waals surface area (Å²) in [4.78, 5) is 16.5. The third kappa shape index (κ3) is 2.60. The van der Waals surface area contributed by atoms with Crippen molar-refractivity contribution in [2.75, 3.05) is 14.2 Å². The van der Waals surface area contributed by atoms with E-state index in [0.29, 0.717) is 0 Å². The summed E-state index contributed by atoms with van der Waals surface area (Å²) in [7, 11) is 2.76. The van der Waals surface area contributed by atoms with Crippen molar-refractivity contribution in [3.05, 3.63) is 24.3 Å². The fourth-order valence-corrected chi connectivity index (χ4v) is 1.89. The van der Waals surface area contributed by atoms with Gasteiger partial charge in [-0.2, -0.15) is 5.06 Å². The smallest absolute Gasteiger partial charge is 0.434 e. The van der Waals surface area contributed by atoms with Crippen molar-refractivity contribution in [1.29, 1.82) is 0 Å². The van der Waals surface area contributed by atoms with Gasteiger partial charge in [0.2, 0.25) is 0 Å². The van der Waals surface area contributed by atoms with Crippen LogP contribution in [0, 0.1) is 0 Å². The summed E-state index contributed by atoms with van der Waals surface area (Å²) in [6.45, 7) is 1.95. The van der Waals surface area contributed by atoms with Gasteiger partial charge >= 0.3 is 6.09 Å². The molecule has 2 unspecified atom stereocenters. The van der Waals surface area contributed by atoms with E-state index >= 15 is 0 Å². The van der Waals surface area contributed by atoms with Crippen molar-refractivity contribution in [2.24, 2.45) is 0 Å². The number of nitrogens with zero attached hydrogens (tertiary/aromatic N) is 1. The maximum atomic E-state index is 11.4. The van der Waals surface area contributed by atoms with Gasteiger partial charge in [0.05, 0.1) is 24.6 Å². The molecule has 1 aliphatic rings. The second-order valence-corrected chi connectivity index (χ2v) is 5.03. The predicted octanol–water partition coefficient (Wildman–Crippen LogP) is 2.26. The molecule has 5 heteroatoms. The molecule has 0 radical (unpaired) electrons. The maximum Gasteiger partial charge on any atom is 0.434 e. The number of alkyl halides is 1. The lowest BCUT2D eigenvalue weighted by Crippen LogP contribution is -2.48. The third-order valence-electron chi connectivity index (χ3n) is 2.21. The Labute approximate surface area is 97.6 Å². The van der Waals surface area contributed by atoms with E-state index in [1.165, 1.54) is 19.3 Å². The van der Waals surface area contributed by atoms with Crippen LogP contribution in [-0.2, 0) is 9.57 Å². The first-order chi connectivity index (χ1) is 7.03. The van der Waals surface area contributed by atoms with Crippen molar-refractivity contribution in [3.63, 3.8) is 0 Å². The summed E-state index contributed by atoms with van der Waals surface area (Å²) in [5.41, 5.74) is 0. The van der Waals surface area contributed by atoms with Gasteiger partial charge in [-0.1, -0.05) is 40.2 Å². The first-order valence-electron chi connectivity index (χ1n) is 4.49. The Morgan fingerprint density at radius 2 is 2.13 bits per heavy atom. The minimum atomic E-state index is -0.520. The van der Waals surface area contributed by atoms with Crippen LogP contribution in [0.3, 0.4) is 0 Å². The topological polar surface area (TPSA) is 38.8 Å². The van der Waals surface area contributed by atoms with E-state index in [0.717, 1.165) is 0 Å². The molecule has 2 atom stereocenters. The molecule has 4 nitrogen and oxygen atoms in total. The second kappa shape index (κ2) is 4.81. The average Bonchev–Trinajstić information content (AvgIpc) is 2.20. The third-order valence-corrected chi connectivity index (χ3v) is 2.94. The highest BCUT2D eigenvalue weighted by atomic mass is 79.9. The van der Waals surface area contributed by atoms with Crippen LogP contribution in [-0.4, -0.2) is 35.7 Å². The van der Waals surface area contributed by atoms with Crippen molar-refractivity contribution >= 4 is 22.0 Å². The molecule has 0 fully saturated rings. The molecule has 0 aromatic heterocycles. The van der Waals surface area contributed by atoms with Crippen LogP contribution in [0.25, 0.3) is 0 Å². The number of halogens is 1. The number of amides is 1. The van der Waals surface area contributed by atoms with E-state index in [4.69, 9.17) is 4.84 Å². The molecular weight excluding hydrogens is 262 g/mol. The largest absolute Gasteiger partial charge is 0.451 e. The van der Waals surface area contributed by atoms with Gasteiger partial charge in [0.25, 0.3) is 0 Å². The van der Waals surface area contributed by atoms with Crippen molar-refractivity contribution in [1.82, 2.24) is 5.06 Å². The highest BCUT2D eigenvalue weighted by molar-refractivity contribution is 9.10. The molecule has 84 valence electrons. The van der Waals surface area contributed by atoms with E-state index in [1.807, 2.05) is 31.2 Å². The SMILES string of the molecule is COC(=O)N(OC)C1C=CC=CC1(C)Br. The molecule has 1 aliphatic carbocycles. The fourth-order valence-electron chi connectivity index (χ4n) is 1.40. The molecule has 0 saturated heterocycles. The summed E-state index contributed by atoms with van der Waals surface area (Å²) >= 11 is 3.53. The standard InChI is InChI=1S/C10H14BrNO3/c1-10(11)7-5-4-6-8(10)12(15-3)9(13)14-2/h4-8H,1-3H3. The molecule has 0 aromatic carbocycles. The number of carbonyl (C=O) groups is 1. The summed E-state index contributed by atoms with van der Waals surface area (Å²) in [6, 6.07) is -0.236. The summed E-state index contributed by atoms with van der Waals surface area (Å²) in [6.07, 6.45) is 7.08. The molecule has 0 saturated carbocycles. The molecule has 0 aliphatic heterocycles. The van der Waals surface area contributed by atoms with Gasteiger partial charge in [-0.05, 0) is 6.92 Å². The Bertz CT molecular complexity index is 299. The van der Waals surface area contributed by atoms with E-state index in [1.54, 1.807) is 0 Å². The monoisotopic (exact) mass is 275 g/mol. The molecule has 0 spiro atoms. The molecule has 0 N–H and O–H groups in total. The zero-order chi connectivity index (χ0) is 11.5. The first kappa shape index (κ1) is 12.3. The van der Waals surface area contributed by atoms with E-state index in [-0.39, 0.29) is 10.4 Å². The van der Waals surface area contributed by atoms with E-state index < -0.39 is 6.09 Å². The minimum absolute atomic E-state index is 0.236. The van der Waals surface area contributed by atoms with Gasteiger partial charge in [-0.25, -0.2) is 4.79 Å². The number of rotatable bonds is 2. The summed E-state index contributed by atoms with van der Waals surface area (Å²) < 4.78 is 4.28. The lowest BCUT2D eigenvalue weighted by molar-refractivity contribution is -0.127. The molecule has 0 aromatic rings. The predicted molar refractivity (Wildman–Crippen MR) is 60.7 cm³/mol. The van der Waals surface area contributed by atoms with E-state index in [2.05, 4.69) is 20.7 Å². The van der Waals surface area contributed by atoms with Gasteiger partial charge < -0.3 is 4.74 Å². The maximum absolute atomic E-state index is 11.4. The fraction of sp³-hybridized carbons (Fsp3) is 0.500. The second-order valence-electron chi connectivity index (χ2n) is 3.32. The Kier molecular flexibility index (Phi) is 3.93. The molecular formula is C10H14BrNO3. The zero-order valence-corrected chi connectivity index (χ0v) is 10.5. The highest BCUT2D eigenvalue weighted by Gasteiger charge is 2.37. The molecule has 0 heterocycles. The lowest BCUT2D eigenvalue weighted by Gasteiger charge is -2.35. The van der Waals surface area contributed by atoms with Crippen LogP contribution < -0.4 is 0 Å². The van der Waals surface area contributed by atoms with Crippen molar-refractivity contribution in [3.8, 4) is 0 Å². The normalized spacial score (nSPS) is 28.9. The van der Waals surface area contributed by atoms with Crippen LogP contribution in [0.15, 0.2) is 24.3 Å². The number of hydrogen-bond acceptors (Lipinski definition) is 3. The molecule has 0 bridgehead atoms. The molecule has 1 rings (SSSR count). The first-order valence-corrected chi connectivity index (χ1v) is 5.28. The van der Waals surface area contributed by atoms with Crippen LogP contribution in [0.2, 0.25) is 0 Å². The van der Waals surface area contributed by atoms with Crippen molar-refractivity contribution in [2.45, 2.75) is 17.3 Å². The van der Waals surface area contributed by atoms with Crippen molar-refractivity contribution < 1.29 is 14.4 Å². The number of hydrogen-bond donors (Lipinski definition) is 0. The Morgan fingerprint density at radius 1 is 1.47 bits per heavy atom. The summed E-state index contributed by atoms with van der Waals surface area (Å²) in [5, 5.41) is 1.19. The van der Waals surface area contributed by atoms with Gasteiger partial charge in [0.1, 0.15) is 0 Å². The molecule has 1 amide bonds. The Balaban J connectivity index is 2.89. The Morgan fingerprint density at radius 3 is 2.60 bits per heavy atom. The number of allylic oxidation sites excluding steroid dienone is 2. The van der Waals surface area contributed by atoms with Gasteiger partial charge in [-0.3, -0.25) is 4.84 Å². The molecule has 15 heavy (non-hydrogen) atoms. The van der Waals surface area contributed by atoms with Crippen LogP contribution >= 0.6 is 15.9 Å². The van der Waals surface area contributed by atoms with Crippen LogP contribution in [0.4, 0.5) is 4.79 Å². The number of carbonyl (C=O) groups excluding carboxylic acids is 1. The minimum Gasteiger partial charge on any atom is -0.451 e. The number of ether oxygens (including phenoxy) is 1. The van der Waals surface area contributed by atoms with Gasteiger partial charge in [0, 0.05) is 0 Å². The van der Waals surface area contributed by atoms with E-state index in [9.17, 15) is 4.79 Å². The zero-order valence-electron chi connectivity index (χ0n) is 8.94. The quantitative estimate of drug-likeness (QED) is 0.573. The van der Waals surface area contributed by atoms with Crippen LogP contribution in [0.5, 0.6) is 0 Å².